The van der Waals surface area contributed by atoms with Crippen molar-refractivity contribution in [1.82, 2.24) is 4.98 Å². The van der Waals surface area contributed by atoms with Gasteiger partial charge in [-0.25, -0.2) is 4.39 Å². The van der Waals surface area contributed by atoms with Gasteiger partial charge in [-0.1, -0.05) is 29.3 Å². The third-order valence-electron chi connectivity index (χ3n) is 2.23. The quantitative estimate of drug-likeness (QED) is 0.772. The van der Waals surface area contributed by atoms with Gasteiger partial charge < -0.3 is 0 Å². The summed E-state index contributed by atoms with van der Waals surface area (Å²) in [6.45, 7) is 0. The fourth-order valence-electron chi connectivity index (χ4n) is 1.42. The minimum atomic E-state index is -0.674. The SMILES string of the molecule is O=Cc1cc(-c2c(Cl)cccc2Cl)ncc1F. The van der Waals surface area contributed by atoms with Crippen LogP contribution in [0.2, 0.25) is 10.0 Å². The number of carbonyl (C=O) groups is 1. The van der Waals surface area contributed by atoms with Crippen LogP contribution in [-0.4, -0.2) is 11.3 Å². The van der Waals surface area contributed by atoms with E-state index in [1.54, 1.807) is 18.2 Å². The van der Waals surface area contributed by atoms with Gasteiger partial charge in [0.25, 0.3) is 0 Å². The first-order valence-electron chi connectivity index (χ1n) is 4.68. The number of hydrogen-bond donors (Lipinski definition) is 0. The second-order valence-electron chi connectivity index (χ2n) is 3.31. The molecule has 0 saturated carbocycles. The first-order chi connectivity index (χ1) is 8.13. The van der Waals surface area contributed by atoms with Crippen LogP contribution < -0.4 is 0 Å². The lowest BCUT2D eigenvalue weighted by Gasteiger charge is -2.06. The zero-order chi connectivity index (χ0) is 12.4. The summed E-state index contributed by atoms with van der Waals surface area (Å²) in [5.41, 5.74) is 0.772. The highest BCUT2D eigenvalue weighted by Gasteiger charge is 2.12. The van der Waals surface area contributed by atoms with Gasteiger partial charge >= 0.3 is 0 Å². The fourth-order valence-corrected chi connectivity index (χ4v) is 2.01. The molecule has 1 aromatic carbocycles. The smallest absolute Gasteiger partial charge is 0.153 e. The molecule has 1 aromatic heterocycles. The average Bonchev–Trinajstić information content (AvgIpc) is 2.31. The molecule has 0 radical (unpaired) electrons. The van der Waals surface area contributed by atoms with E-state index in [1.807, 2.05) is 0 Å². The van der Waals surface area contributed by atoms with Crippen LogP contribution in [0.4, 0.5) is 4.39 Å². The van der Waals surface area contributed by atoms with Crippen molar-refractivity contribution in [3.8, 4) is 11.3 Å². The molecular formula is C12H6Cl2FNO. The van der Waals surface area contributed by atoms with Crippen molar-refractivity contribution < 1.29 is 9.18 Å². The molecule has 0 atom stereocenters. The zero-order valence-corrected chi connectivity index (χ0v) is 9.97. The molecule has 0 amide bonds. The van der Waals surface area contributed by atoms with Crippen molar-refractivity contribution in [2.75, 3.05) is 0 Å². The second kappa shape index (κ2) is 4.82. The van der Waals surface area contributed by atoms with E-state index in [4.69, 9.17) is 23.2 Å². The monoisotopic (exact) mass is 269 g/mol. The Hall–Kier alpha value is -1.45. The largest absolute Gasteiger partial charge is 0.298 e. The van der Waals surface area contributed by atoms with E-state index in [1.165, 1.54) is 6.07 Å². The van der Waals surface area contributed by atoms with Crippen LogP contribution >= 0.6 is 23.2 Å². The molecule has 2 rings (SSSR count). The first kappa shape index (κ1) is 12.0. The van der Waals surface area contributed by atoms with Crippen molar-refractivity contribution in [1.29, 1.82) is 0 Å². The fraction of sp³-hybridized carbons (Fsp3) is 0. The number of aromatic nitrogens is 1. The molecule has 0 aliphatic heterocycles. The Labute approximate surface area is 107 Å². The third kappa shape index (κ3) is 2.30. The summed E-state index contributed by atoms with van der Waals surface area (Å²) in [6.07, 6.45) is 1.39. The summed E-state index contributed by atoms with van der Waals surface area (Å²) >= 11 is 12.0. The van der Waals surface area contributed by atoms with Gasteiger partial charge in [0, 0.05) is 5.56 Å². The Morgan fingerprint density at radius 2 is 1.88 bits per heavy atom. The number of pyridine rings is 1. The van der Waals surface area contributed by atoms with Gasteiger partial charge in [0.1, 0.15) is 0 Å². The molecule has 2 nitrogen and oxygen atoms in total. The number of hydrogen-bond acceptors (Lipinski definition) is 2. The minimum absolute atomic E-state index is 0.0778. The molecule has 17 heavy (non-hydrogen) atoms. The van der Waals surface area contributed by atoms with Gasteiger partial charge in [0.05, 0.1) is 27.5 Å². The van der Waals surface area contributed by atoms with Crippen molar-refractivity contribution in [2.45, 2.75) is 0 Å². The molecule has 0 bridgehead atoms. The maximum Gasteiger partial charge on any atom is 0.153 e. The van der Waals surface area contributed by atoms with Gasteiger partial charge in [0.15, 0.2) is 12.1 Å². The molecule has 0 N–H and O–H groups in total. The van der Waals surface area contributed by atoms with Crippen LogP contribution in [0.1, 0.15) is 10.4 Å². The van der Waals surface area contributed by atoms with E-state index < -0.39 is 5.82 Å². The normalized spacial score (nSPS) is 10.3. The number of carbonyl (C=O) groups excluding carboxylic acids is 1. The number of rotatable bonds is 2. The van der Waals surface area contributed by atoms with Crippen LogP contribution in [0, 0.1) is 5.82 Å². The predicted molar refractivity (Wildman–Crippen MR) is 65.0 cm³/mol. The molecule has 0 saturated heterocycles. The Balaban J connectivity index is 2.65. The van der Waals surface area contributed by atoms with Crippen LogP contribution in [-0.2, 0) is 0 Å². The second-order valence-corrected chi connectivity index (χ2v) is 4.12. The van der Waals surface area contributed by atoms with E-state index in [0.29, 0.717) is 27.6 Å². The molecule has 1 heterocycles. The van der Waals surface area contributed by atoms with E-state index in [9.17, 15) is 9.18 Å². The summed E-state index contributed by atoms with van der Waals surface area (Å²) in [6, 6.07) is 6.30. The van der Waals surface area contributed by atoms with E-state index in [-0.39, 0.29) is 5.56 Å². The van der Waals surface area contributed by atoms with Gasteiger partial charge in [-0.3, -0.25) is 9.78 Å². The zero-order valence-electron chi connectivity index (χ0n) is 8.45. The highest BCUT2D eigenvalue weighted by molar-refractivity contribution is 6.39. The van der Waals surface area contributed by atoms with E-state index in [2.05, 4.69) is 4.98 Å². The van der Waals surface area contributed by atoms with Crippen molar-refractivity contribution >= 4 is 29.5 Å². The van der Waals surface area contributed by atoms with Gasteiger partial charge in [-0.2, -0.15) is 0 Å². The van der Waals surface area contributed by atoms with Crippen LogP contribution in [0.15, 0.2) is 30.5 Å². The number of benzene rings is 1. The third-order valence-corrected chi connectivity index (χ3v) is 2.86. The maximum atomic E-state index is 13.1. The number of nitrogens with zero attached hydrogens (tertiary/aromatic N) is 1. The Kier molecular flexibility index (Phi) is 3.41. The van der Waals surface area contributed by atoms with Crippen LogP contribution in [0.25, 0.3) is 11.3 Å². The molecule has 86 valence electrons. The highest BCUT2D eigenvalue weighted by atomic mass is 35.5. The Bertz CT molecular complexity index is 566. The van der Waals surface area contributed by atoms with Crippen LogP contribution in [0.5, 0.6) is 0 Å². The number of aldehydes is 1. The number of halogens is 3. The highest BCUT2D eigenvalue weighted by Crippen LogP contribution is 2.33. The summed E-state index contributed by atoms with van der Waals surface area (Å²) < 4.78 is 13.1. The molecule has 0 aliphatic carbocycles. The van der Waals surface area contributed by atoms with Gasteiger partial charge in [0.2, 0.25) is 0 Å². The van der Waals surface area contributed by atoms with Gasteiger partial charge in [-0.05, 0) is 18.2 Å². The predicted octanol–water partition coefficient (Wildman–Crippen LogP) is 4.01. The van der Waals surface area contributed by atoms with Crippen molar-refractivity contribution in [3.63, 3.8) is 0 Å². The lowest BCUT2D eigenvalue weighted by atomic mass is 10.1. The summed E-state index contributed by atoms with van der Waals surface area (Å²) in [4.78, 5) is 14.5. The lowest BCUT2D eigenvalue weighted by Crippen LogP contribution is -1.93. The van der Waals surface area contributed by atoms with Gasteiger partial charge in [-0.15, -0.1) is 0 Å². The van der Waals surface area contributed by atoms with E-state index >= 15 is 0 Å². The molecule has 2 aromatic rings. The van der Waals surface area contributed by atoms with Crippen molar-refractivity contribution in [2.24, 2.45) is 0 Å². The molecular weight excluding hydrogens is 264 g/mol. The standard InChI is InChI=1S/C12H6Cl2FNO/c13-8-2-1-3-9(14)12(8)11-4-7(6-17)10(15)5-16-11/h1-6H. The van der Waals surface area contributed by atoms with Crippen LogP contribution in [0.3, 0.4) is 0 Å². The first-order valence-corrected chi connectivity index (χ1v) is 5.44. The molecule has 0 fully saturated rings. The maximum absolute atomic E-state index is 13.1. The molecule has 5 heteroatoms. The van der Waals surface area contributed by atoms with E-state index in [0.717, 1.165) is 6.20 Å². The topological polar surface area (TPSA) is 30.0 Å². The Morgan fingerprint density at radius 1 is 1.24 bits per heavy atom. The average molecular weight is 270 g/mol. The Morgan fingerprint density at radius 3 is 2.47 bits per heavy atom. The molecule has 0 aliphatic rings. The summed E-state index contributed by atoms with van der Waals surface area (Å²) in [5, 5.41) is 0.793. The molecule has 0 unspecified atom stereocenters. The summed E-state index contributed by atoms with van der Waals surface area (Å²) in [7, 11) is 0. The molecule has 0 spiro atoms. The lowest BCUT2D eigenvalue weighted by molar-refractivity contribution is 0.111. The minimum Gasteiger partial charge on any atom is -0.298 e. The summed E-state index contributed by atoms with van der Waals surface area (Å²) in [5.74, 6) is -0.674. The van der Waals surface area contributed by atoms with Crippen molar-refractivity contribution in [3.05, 3.63) is 51.9 Å².